The SMILES string of the molecule is CCOC(=O)c1ccccc1NC(=O)CNc1ccc(C#N)cc1. The van der Waals surface area contributed by atoms with E-state index in [0.29, 0.717) is 16.8 Å². The van der Waals surface area contributed by atoms with Crippen LogP contribution < -0.4 is 10.6 Å². The number of hydrogen-bond donors (Lipinski definition) is 2. The maximum absolute atomic E-state index is 12.1. The molecule has 0 spiro atoms. The Balaban J connectivity index is 1.97. The van der Waals surface area contributed by atoms with E-state index in [4.69, 9.17) is 10.00 Å². The Morgan fingerprint density at radius 1 is 1.12 bits per heavy atom. The standard InChI is InChI=1S/C18H17N3O3/c1-2-24-18(23)15-5-3-4-6-16(15)21-17(22)12-20-14-9-7-13(11-19)8-10-14/h3-10,20H,2,12H2,1H3,(H,21,22). The molecule has 0 aliphatic carbocycles. The van der Waals surface area contributed by atoms with Crippen molar-refractivity contribution < 1.29 is 14.3 Å². The molecule has 0 saturated heterocycles. The highest BCUT2D eigenvalue weighted by Gasteiger charge is 2.13. The zero-order valence-corrected chi connectivity index (χ0v) is 13.2. The van der Waals surface area contributed by atoms with E-state index >= 15 is 0 Å². The van der Waals surface area contributed by atoms with Crippen LogP contribution in [0.25, 0.3) is 0 Å². The molecular formula is C18H17N3O3. The van der Waals surface area contributed by atoms with Crippen LogP contribution in [0, 0.1) is 11.3 Å². The van der Waals surface area contributed by atoms with Gasteiger partial charge < -0.3 is 15.4 Å². The minimum Gasteiger partial charge on any atom is -0.462 e. The summed E-state index contributed by atoms with van der Waals surface area (Å²) >= 11 is 0. The molecule has 6 heteroatoms. The summed E-state index contributed by atoms with van der Waals surface area (Å²) in [5.41, 5.74) is 1.99. The van der Waals surface area contributed by atoms with E-state index < -0.39 is 5.97 Å². The van der Waals surface area contributed by atoms with Crippen molar-refractivity contribution in [1.82, 2.24) is 0 Å². The Bertz CT molecular complexity index is 764. The molecule has 0 fully saturated rings. The van der Waals surface area contributed by atoms with Crippen LogP contribution in [-0.4, -0.2) is 25.0 Å². The highest BCUT2D eigenvalue weighted by atomic mass is 16.5. The Morgan fingerprint density at radius 2 is 1.83 bits per heavy atom. The average molecular weight is 323 g/mol. The van der Waals surface area contributed by atoms with Gasteiger partial charge in [-0.2, -0.15) is 5.26 Å². The number of nitrogens with one attached hydrogen (secondary N) is 2. The van der Waals surface area contributed by atoms with E-state index in [9.17, 15) is 9.59 Å². The third-order valence-electron chi connectivity index (χ3n) is 3.16. The quantitative estimate of drug-likeness (QED) is 0.798. The molecule has 24 heavy (non-hydrogen) atoms. The van der Waals surface area contributed by atoms with Gasteiger partial charge in [-0.1, -0.05) is 12.1 Å². The normalized spacial score (nSPS) is 9.67. The number of carbonyl (C=O) groups is 2. The molecule has 2 rings (SSSR count). The second-order valence-corrected chi connectivity index (χ2v) is 4.86. The third-order valence-corrected chi connectivity index (χ3v) is 3.16. The molecular weight excluding hydrogens is 306 g/mol. The van der Waals surface area contributed by atoms with Crippen LogP contribution in [-0.2, 0) is 9.53 Å². The van der Waals surface area contributed by atoms with Gasteiger partial charge in [0.1, 0.15) is 0 Å². The van der Waals surface area contributed by atoms with Crippen LogP contribution in [0.4, 0.5) is 11.4 Å². The Morgan fingerprint density at radius 3 is 2.50 bits per heavy atom. The van der Waals surface area contributed by atoms with Gasteiger partial charge in [-0.15, -0.1) is 0 Å². The number of rotatable bonds is 6. The van der Waals surface area contributed by atoms with Crippen molar-refractivity contribution in [2.24, 2.45) is 0 Å². The number of amides is 1. The van der Waals surface area contributed by atoms with E-state index in [2.05, 4.69) is 10.6 Å². The van der Waals surface area contributed by atoms with Gasteiger partial charge in [-0.25, -0.2) is 4.79 Å². The third kappa shape index (κ3) is 4.58. The van der Waals surface area contributed by atoms with Crippen LogP contribution in [0.5, 0.6) is 0 Å². The number of nitriles is 1. The lowest BCUT2D eigenvalue weighted by Crippen LogP contribution is -2.23. The minimum absolute atomic E-state index is 0.0308. The van der Waals surface area contributed by atoms with E-state index in [-0.39, 0.29) is 19.1 Å². The monoisotopic (exact) mass is 323 g/mol. The van der Waals surface area contributed by atoms with E-state index in [1.54, 1.807) is 55.5 Å². The summed E-state index contributed by atoms with van der Waals surface area (Å²) in [4.78, 5) is 23.9. The van der Waals surface area contributed by atoms with Gasteiger partial charge in [0, 0.05) is 5.69 Å². The first-order valence-electron chi connectivity index (χ1n) is 7.44. The lowest BCUT2D eigenvalue weighted by Gasteiger charge is -2.11. The zero-order valence-electron chi connectivity index (χ0n) is 13.2. The van der Waals surface area contributed by atoms with Crippen LogP contribution in [0.2, 0.25) is 0 Å². The predicted molar refractivity (Wildman–Crippen MR) is 90.7 cm³/mol. The summed E-state index contributed by atoms with van der Waals surface area (Å²) in [5.74, 6) is -0.774. The van der Waals surface area contributed by atoms with Crippen LogP contribution in [0.15, 0.2) is 48.5 Å². The summed E-state index contributed by atoms with van der Waals surface area (Å²) in [7, 11) is 0. The fourth-order valence-electron chi connectivity index (χ4n) is 2.02. The van der Waals surface area contributed by atoms with Gasteiger partial charge in [0.25, 0.3) is 0 Å². The number of ether oxygens (including phenoxy) is 1. The molecule has 0 unspecified atom stereocenters. The van der Waals surface area contributed by atoms with Gasteiger partial charge in [-0.3, -0.25) is 4.79 Å². The molecule has 6 nitrogen and oxygen atoms in total. The topological polar surface area (TPSA) is 91.2 Å². The van der Waals surface area contributed by atoms with E-state index in [1.165, 1.54) is 0 Å². The molecule has 0 radical (unpaired) electrons. The van der Waals surface area contributed by atoms with E-state index in [1.807, 2.05) is 6.07 Å². The number of para-hydroxylation sites is 1. The number of esters is 1. The van der Waals surface area contributed by atoms with Crippen molar-refractivity contribution in [1.29, 1.82) is 5.26 Å². The largest absolute Gasteiger partial charge is 0.462 e. The molecule has 1 amide bonds. The van der Waals surface area contributed by atoms with Gasteiger partial charge in [0.05, 0.1) is 36.0 Å². The van der Waals surface area contributed by atoms with Crippen LogP contribution >= 0.6 is 0 Å². The van der Waals surface area contributed by atoms with Crippen molar-refractivity contribution in [3.8, 4) is 6.07 Å². The molecule has 0 bridgehead atoms. The first-order chi connectivity index (χ1) is 11.6. The van der Waals surface area contributed by atoms with Crippen LogP contribution in [0.3, 0.4) is 0 Å². The first-order valence-corrected chi connectivity index (χ1v) is 7.44. The smallest absolute Gasteiger partial charge is 0.340 e. The summed E-state index contributed by atoms with van der Waals surface area (Å²) in [6.45, 7) is 2.02. The number of nitrogens with zero attached hydrogens (tertiary/aromatic N) is 1. The summed E-state index contributed by atoms with van der Waals surface area (Å²) in [6, 6.07) is 15.5. The summed E-state index contributed by atoms with van der Waals surface area (Å²) in [6.07, 6.45) is 0. The molecule has 0 heterocycles. The second-order valence-electron chi connectivity index (χ2n) is 4.86. The van der Waals surface area contributed by atoms with Crippen molar-refractivity contribution in [2.75, 3.05) is 23.8 Å². The number of carbonyl (C=O) groups excluding carboxylic acids is 2. The highest BCUT2D eigenvalue weighted by Crippen LogP contribution is 2.16. The van der Waals surface area contributed by atoms with E-state index in [0.717, 1.165) is 5.69 Å². The molecule has 0 aromatic heterocycles. The maximum atomic E-state index is 12.1. The fourth-order valence-corrected chi connectivity index (χ4v) is 2.02. The lowest BCUT2D eigenvalue weighted by atomic mass is 10.2. The van der Waals surface area contributed by atoms with Gasteiger partial charge in [0.15, 0.2) is 0 Å². The number of benzene rings is 2. The van der Waals surface area contributed by atoms with Crippen molar-refractivity contribution in [3.05, 3.63) is 59.7 Å². The first kappa shape index (κ1) is 17.0. The molecule has 0 atom stereocenters. The van der Waals surface area contributed by atoms with Gasteiger partial charge >= 0.3 is 5.97 Å². The summed E-state index contributed by atoms with van der Waals surface area (Å²) in [5, 5.41) is 14.4. The Kier molecular flexibility index (Phi) is 5.92. The lowest BCUT2D eigenvalue weighted by molar-refractivity contribution is -0.114. The molecule has 2 N–H and O–H groups in total. The molecule has 0 saturated carbocycles. The average Bonchev–Trinajstić information content (AvgIpc) is 2.61. The van der Waals surface area contributed by atoms with Gasteiger partial charge in [0.2, 0.25) is 5.91 Å². The maximum Gasteiger partial charge on any atom is 0.340 e. The van der Waals surface area contributed by atoms with Crippen molar-refractivity contribution in [2.45, 2.75) is 6.92 Å². The van der Waals surface area contributed by atoms with Crippen molar-refractivity contribution >= 4 is 23.3 Å². The number of anilines is 2. The van der Waals surface area contributed by atoms with Gasteiger partial charge in [-0.05, 0) is 43.3 Å². The van der Waals surface area contributed by atoms with Crippen molar-refractivity contribution in [3.63, 3.8) is 0 Å². The molecule has 2 aromatic carbocycles. The Hall–Kier alpha value is -3.33. The highest BCUT2D eigenvalue weighted by molar-refractivity contribution is 6.02. The zero-order chi connectivity index (χ0) is 17.4. The fraction of sp³-hybridized carbons (Fsp3) is 0.167. The molecule has 122 valence electrons. The molecule has 2 aromatic rings. The molecule has 0 aliphatic heterocycles. The predicted octanol–water partition coefficient (Wildman–Crippen LogP) is 2.79. The Labute approximate surface area is 140 Å². The second kappa shape index (κ2) is 8.34. The van der Waals surface area contributed by atoms with Crippen LogP contribution in [0.1, 0.15) is 22.8 Å². The molecule has 0 aliphatic rings. The minimum atomic E-state index is -0.478. The number of hydrogen-bond acceptors (Lipinski definition) is 5. The summed E-state index contributed by atoms with van der Waals surface area (Å²) < 4.78 is 4.97.